The Hall–Kier alpha value is -1.59. The summed E-state index contributed by atoms with van der Waals surface area (Å²) in [7, 11) is 0. The van der Waals surface area contributed by atoms with E-state index in [2.05, 4.69) is 15.9 Å². The third kappa shape index (κ3) is 3.49. The highest BCUT2D eigenvalue weighted by atomic mass is 79.9. The lowest BCUT2D eigenvalue weighted by Crippen LogP contribution is -1.99. The molecule has 1 N–H and O–H groups in total. The minimum Gasteiger partial charge on any atom is -0.488 e. The molecule has 20 heavy (non-hydrogen) atoms. The largest absolute Gasteiger partial charge is 0.488 e. The Morgan fingerprint density at radius 3 is 2.55 bits per heavy atom. The van der Waals surface area contributed by atoms with E-state index in [-0.39, 0.29) is 17.2 Å². The van der Waals surface area contributed by atoms with Gasteiger partial charge in [0.05, 0.1) is 15.1 Å². The summed E-state index contributed by atoms with van der Waals surface area (Å²) in [6.07, 6.45) is 0. The van der Waals surface area contributed by atoms with Crippen LogP contribution in [0.5, 0.6) is 5.75 Å². The number of carboxylic acid groups (broad SMARTS) is 1. The maximum absolute atomic E-state index is 13.3. The summed E-state index contributed by atoms with van der Waals surface area (Å²) in [4.78, 5) is 10.7. The van der Waals surface area contributed by atoms with Gasteiger partial charge in [-0.05, 0) is 39.7 Å². The van der Waals surface area contributed by atoms with Crippen molar-refractivity contribution in [3.05, 3.63) is 62.8 Å². The average Bonchev–Trinajstić information content (AvgIpc) is 2.42. The Morgan fingerprint density at radius 1 is 1.30 bits per heavy atom. The smallest absolute Gasteiger partial charge is 0.335 e. The van der Waals surface area contributed by atoms with E-state index < -0.39 is 11.8 Å². The lowest BCUT2D eigenvalue weighted by Gasteiger charge is -2.09. The Balaban J connectivity index is 2.09. The Kier molecular flexibility index (Phi) is 4.62. The van der Waals surface area contributed by atoms with E-state index in [0.717, 1.165) is 5.56 Å². The van der Waals surface area contributed by atoms with Crippen LogP contribution >= 0.6 is 27.5 Å². The fraction of sp³-hybridized carbons (Fsp3) is 0.0714. The van der Waals surface area contributed by atoms with E-state index in [1.165, 1.54) is 24.3 Å². The molecule has 0 amide bonds. The predicted molar refractivity (Wildman–Crippen MR) is 76.8 cm³/mol. The van der Waals surface area contributed by atoms with Crippen molar-refractivity contribution in [2.45, 2.75) is 6.61 Å². The molecule has 3 nitrogen and oxygen atoms in total. The number of benzene rings is 2. The van der Waals surface area contributed by atoms with Crippen LogP contribution in [0.4, 0.5) is 4.39 Å². The first-order valence-corrected chi connectivity index (χ1v) is 6.74. The molecule has 0 saturated carbocycles. The van der Waals surface area contributed by atoms with Crippen LogP contribution in [0.3, 0.4) is 0 Å². The molecule has 0 fully saturated rings. The Bertz CT molecular complexity index is 644. The van der Waals surface area contributed by atoms with Crippen LogP contribution in [0.1, 0.15) is 15.9 Å². The number of aromatic carboxylic acids is 1. The van der Waals surface area contributed by atoms with E-state index >= 15 is 0 Å². The monoisotopic (exact) mass is 358 g/mol. The van der Waals surface area contributed by atoms with E-state index in [4.69, 9.17) is 21.4 Å². The topological polar surface area (TPSA) is 46.5 Å². The van der Waals surface area contributed by atoms with Gasteiger partial charge in [-0.25, -0.2) is 9.18 Å². The number of halogens is 3. The maximum atomic E-state index is 13.3. The molecule has 104 valence electrons. The molecule has 0 aromatic heterocycles. The second-order valence-electron chi connectivity index (χ2n) is 3.99. The van der Waals surface area contributed by atoms with Crippen LogP contribution in [-0.2, 0) is 6.61 Å². The molecular formula is C14H9BrClFO3. The van der Waals surface area contributed by atoms with Crippen LogP contribution < -0.4 is 4.74 Å². The van der Waals surface area contributed by atoms with Gasteiger partial charge >= 0.3 is 5.97 Å². The number of carboxylic acids is 1. The summed E-state index contributed by atoms with van der Waals surface area (Å²) in [6, 6.07) is 8.86. The number of ether oxygens (including phenoxy) is 1. The molecule has 2 aromatic carbocycles. The van der Waals surface area contributed by atoms with Crippen molar-refractivity contribution >= 4 is 33.5 Å². The van der Waals surface area contributed by atoms with Crippen molar-refractivity contribution in [1.82, 2.24) is 0 Å². The third-order valence-corrected chi connectivity index (χ3v) is 3.48. The van der Waals surface area contributed by atoms with Crippen molar-refractivity contribution in [2.75, 3.05) is 0 Å². The summed E-state index contributed by atoms with van der Waals surface area (Å²) in [5.41, 5.74) is 0.977. The standard InChI is InChI=1S/C14H9BrClFO3/c15-10-5-11(16)12(17)6-13(10)20-7-8-1-3-9(4-2-8)14(18)19/h1-6H,7H2,(H,18,19). The fourth-order valence-corrected chi connectivity index (χ4v) is 2.27. The second kappa shape index (κ2) is 6.24. The molecule has 0 radical (unpaired) electrons. The minimum atomic E-state index is -0.986. The molecule has 0 heterocycles. The molecule has 0 saturated heterocycles. The van der Waals surface area contributed by atoms with Crippen LogP contribution in [0, 0.1) is 5.82 Å². The van der Waals surface area contributed by atoms with E-state index in [1.54, 1.807) is 12.1 Å². The quantitative estimate of drug-likeness (QED) is 0.817. The molecular weight excluding hydrogens is 351 g/mol. The molecule has 2 rings (SSSR count). The second-order valence-corrected chi connectivity index (χ2v) is 5.25. The number of carbonyl (C=O) groups is 1. The summed E-state index contributed by atoms with van der Waals surface area (Å²) in [5.74, 6) is -1.22. The Labute approximate surface area is 128 Å². The zero-order valence-electron chi connectivity index (χ0n) is 10.1. The van der Waals surface area contributed by atoms with E-state index in [9.17, 15) is 9.18 Å². The van der Waals surface area contributed by atoms with Crippen molar-refractivity contribution in [1.29, 1.82) is 0 Å². The summed E-state index contributed by atoms with van der Waals surface area (Å²) in [6.45, 7) is 0.194. The summed E-state index contributed by atoms with van der Waals surface area (Å²) in [5, 5.41) is 8.79. The highest BCUT2D eigenvalue weighted by Gasteiger charge is 2.08. The van der Waals surface area contributed by atoms with Gasteiger partial charge in [-0.3, -0.25) is 0 Å². The lowest BCUT2D eigenvalue weighted by atomic mass is 10.1. The molecule has 0 spiro atoms. The molecule has 0 unspecified atom stereocenters. The van der Waals surface area contributed by atoms with Crippen molar-refractivity contribution in [2.24, 2.45) is 0 Å². The lowest BCUT2D eigenvalue weighted by molar-refractivity contribution is 0.0697. The van der Waals surface area contributed by atoms with Crippen molar-refractivity contribution < 1.29 is 19.0 Å². The number of hydrogen-bond donors (Lipinski definition) is 1. The highest BCUT2D eigenvalue weighted by Crippen LogP contribution is 2.31. The highest BCUT2D eigenvalue weighted by molar-refractivity contribution is 9.10. The van der Waals surface area contributed by atoms with Gasteiger partial charge in [0, 0.05) is 6.07 Å². The van der Waals surface area contributed by atoms with Gasteiger partial charge in [-0.1, -0.05) is 23.7 Å². The number of hydrogen-bond acceptors (Lipinski definition) is 2. The van der Waals surface area contributed by atoms with E-state index in [1.807, 2.05) is 0 Å². The molecule has 0 aliphatic rings. The molecule has 6 heteroatoms. The van der Waals surface area contributed by atoms with Gasteiger partial charge in [0.25, 0.3) is 0 Å². The molecule has 0 atom stereocenters. The van der Waals surface area contributed by atoms with Crippen LogP contribution in [0.15, 0.2) is 40.9 Å². The fourth-order valence-electron chi connectivity index (χ4n) is 1.52. The van der Waals surface area contributed by atoms with Crippen LogP contribution in [0.25, 0.3) is 0 Å². The predicted octanol–water partition coefficient (Wildman–Crippen LogP) is 4.52. The Morgan fingerprint density at radius 2 is 1.95 bits per heavy atom. The van der Waals surface area contributed by atoms with Gasteiger partial charge in [0.15, 0.2) is 0 Å². The molecule has 2 aromatic rings. The van der Waals surface area contributed by atoms with Crippen molar-refractivity contribution in [3.63, 3.8) is 0 Å². The molecule has 0 bridgehead atoms. The van der Waals surface area contributed by atoms with Gasteiger partial charge in [-0.15, -0.1) is 0 Å². The normalized spacial score (nSPS) is 10.3. The first kappa shape index (κ1) is 14.8. The average molecular weight is 360 g/mol. The third-order valence-electron chi connectivity index (χ3n) is 2.57. The zero-order valence-corrected chi connectivity index (χ0v) is 12.4. The summed E-state index contributed by atoms with van der Waals surface area (Å²) >= 11 is 8.87. The minimum absolute atomic E-state index is 0.00929. The van der Waals surface area contributed by atoms with Gasteiger partial charge in [-0.2, -0.15) is 0 Å². The SMILES string of the molecule is O=C(O)c1ccc(COc2cc(F)c(Cl)cc2Br)cc1. The van der Waals surface area contributed by atoms with Crippen LogP contribution in [0.2, 0.25) is 5.02 Å². The zero-order chi connectivity index (χ0) is 14.7. The summed E-state index contributed by atoms with van der Waals surface area (Å²) < 4.78 is 19.3. The molecule has 0 aliphatic heterocycles. The molecule has 0 aliphatic carbocycles. The van der Waals surface area contributed by atoms with Crippen molar-refractivity contribution in [3.8, 4) is 5.75 Å². The first-order chi connectivity index (χ1) is 9.47. The first-order valence-electron chi connectivity index (χ1n) is 5.57. The van der Waals surface area contributed by atoms with Crippen LogP contribution in [-0.4, -0.2) is 11.1 Å². The number of rotatable bonds is 4. The van der Waals surface area contributed by atoms with Gasteiger partial charge in [0.2, 0.25) is 0 Å². The maximum Gasteiger partial charge on any atom is 0.335 e. The van der Waals surface area contributed by atoms with Gasteiger partial charge in [0.1, 0.15) is 18.2 Å². The van der Waals surface area contributed by atoms with E-state index in [0.29, 0.717) is 10.2 Å². The van der Waals surface area contributed by atoms with Gasteiger partial charge < -0.3 is 9.84 Å².